The SMILES string of the molecule is CCc1ccc(N2CC(=O)NCC2=O)cc1C. The number of carbonyl (C=O) groups excluding carboxylic acids is 2. The minimum absolute atomic E-state index is 0.0618. The van der Waals surface area contributed by atoms with E-state index in [-0.39, 0.29) is 24.9 Å². The van der Waals surface area contributed by atoms with Crippen LogP contribution in [0.25, 0.3) is 0 Å². The maximum absolute atomic E-state index is 11.7. The fourth-order valence-electron chi connectivity index (χ4n) is 2.04. The molecular weight excluding hydrogens is 216 g/mol. The Morgan fingerprint density at radius 3 is 2.76 bits per heavy atom. The van der Waals surface area contributed by atoms with Gasteiger partial charge in [0.15, 0.2) is 0 Å². The standard InChI is InChI=1S/C13H16N2O2/c1-3-10-4-5-11(6-9(10)2)15-8-12(16)14-7-13(15)17/h4-6H,3,7-8H2,1-2H3,(H,14,16). The number of hydrogen-bond donors (Lipinski definition) is 1. The molecule has 0 aromatic heterocycles. The van der Waals surface area contributed by atoms with Crippen molar-refractivity contribution in [1.82, 2.24) is 5.32 Å². The zero-order valence-corrected chi connectivity index (χ0v) is 10.1. The molecule has 1 aliphatic heterocycles. The molecule has 2 amide bonds. The zero-order valence-electron chi connectivity index (χ0n) is 10.1. The molecule has 1 aromatic rings. The van der Waals surface area contributed by atoms with Gasteiger partial charge in [-0.05, 0) is 36.6 Å². The molecule has 17 heavy (non-hydrogen) atoms. The molecule has 0 radical (unpaired) electrons. The summed E-state index contributed by atoms with van der Waals surface area (Å²) in [6.07, 6.45) is 0.973. The van der Waals surface area contributed by atoms with E-state index in [4.69, 9.17) is 0 Å². The van der Waals surface area contributed by atoms with E-state index in [0.29, 0.717) is 0 Å². The van der Waals surface area contributed by atoms with Gasteiger partial charge in [-0.15, -0.1) is 0 Å². The third kappa shape index (κ3) is 2.30. The topological polar surface area (TPSA) is 49.4 Å². The van der Waals surface area contributed by atoms with E-state index >= 15 is 0 Å². The van der Waals surface area contributed by atoms with Crippen molar-refractivity contribution >= 4 is 17.5 Å². The number of anilines is 1. The quantitative estimate of drug-likeness (QED) is 0.827. The van der Waals surface area contributed by atoms with E-state index < -0.39 is 0 Å². The summed E-state index contributed by atoms with van der Waals surface area (Å²) in [7, 11) is 0. The van der Waals surface area contributed by atoms with Gasteiger partial charge in [-0.2, -0.15) is 0 Å². The van der Waals surface area contributed by atoms with Crippen molar-refractivity contribution in [3.8, 4) is 0 Å². The van der Waals surface area contributed by atoms with Crippen molar-refractivity contribution < 1.29 is 9.59 Å². The van der Waals surface area contributed by atoms with Crippen molar-refractivity contribution in [3.05, 3.63) is 29.3 Å². The van der Waals surface area contributed by atoms with Crippen LogP contribution in [0.15, 0.2) is 18.2 Å². The lowest BCUT2D eigenvalue weighted by atomic mass is 10.1. The minimum Gasteiger partial charge on any atom is -0.345 e. The van der Waals surface area contributed by atoms with E-state index in [1.807, 2.05) is 25.1 Å². The predicted molar refractivity (Wildman–Crippen MR) is 65.9 cm³/mol. The second kappa shape index (κ2) is 4.57. The molecule has 0 aliphatic carbocycles. The summed E-state index contributed by atoms with van der Waals surface area (Å²) in [6.45, 7) is 4.33. The monoisotopic (exact) mass is 232 g/mol. The lowest BCUT2D eigenvalue weighted by Crippen LogP contribution is -2.51. The van der Waals surface area contributed by atoms with Crippen LogP contribution in [0, 0.1) is 6.92 Å². The fourth-order valence-corrected chi connectivity index (χ4v) is 2.04. The number of aryl methyl sites for hydroxylation is 2. The number of benzene rings is 1. The Hall–Kier alpha value is -1.84. The van der Waals surface area contributed by atoms with Crippen LogP contribution in [-0.4, -0.2) is 24.9 Å². The molecule has 1 aliphatic rings. The minimum atomic E-state index is -0.109. The van der Waals surface area contributed by atoms with E-state index in [1.54, 1.807) is 0 Å². The Kier molecular flexibility index (Phi) is 3.13. The second-order valence-electron chi connectivity index (χ2n) is 4.22. The molecule has 0 unspecified atom stereocenters. The lowest BCUT2D eigenvalue weighted by Gasteiger charge is -2.27. The summed E-state index contributed by atoms with van der Waals surface area (Å²) in [5.74, 6) is -0.171. The van der Waals surface area contributed by atoms with E-state index in [9.17, 15) is 9.59 Å². The van der Waals surface area contributed by atoms with Crippen molar-refractivity contribution in [2.45, 2.75) is 20.3 Å². The highest BCUT2D eigenvalue weighted by Crippen LogP contribution is 2.20. The number of amides is 2. The molecule has 1 aromatic carbocycles. The molecule has 0 saturated carbocycles. The molecule has 1 saturated heterocycles. The van der Waals surface area contributed by atoms with Crippen LogP contribution in [0.3, 0.4) is 0 Å². The van der Waals surface area contributed by atoms with Gasteiger partial charge < -0.3 is 10.2 Å². The third-order valence-electron chi connectivity index (χ3n) is 3.06. The predicted octanol–water partition coefficient (Wildman–Crippen LogP) is 1.02. The first-order valence-corrected chi connectivity index (χ1v) is 5.78. The normalized spacial score (nSPS) is 16.0. The smallest absolute Gasteiger partial charge is 0.246 e. The highest BCUT2D eigenvalue weighted by Gasteiger charge is 2.24. The van der Waals surface area contributed by atoms with Crippen molar-refractivity contribution in [2.24, 2.45) is 0 Å². The van der Waals surface area contributed by atoms with E-state index in [0.717, 1.165) is 17.7 Å². The Balaban J connectivity index is 2.29. The van der Waals surface area contributed by atoms with Crippen LogP contribution in [0.4, 0.5) is 5.69 Å². The average Bonchev–Trinajstić information content (AvgIpc) is 2.32. The first-order valence-electron chi connectivity index (χ1n) is 5.78. The summed E-state index contributed by atoms with van der Waals surface area (Å²) >= 11 is 0. The van der Waals surface area contributed by atoms with Crippen LogP contribution >= 0.6 is 0 Å². The van der Waals surface area contributed by atoms with Crippen LogP contribution in [0.5, 0.6) is 0 Å². The molecule has 1 fully saturated rings. The summed E-state index contributed by atoms with van der Waals surface area (Å²) in [5, 5.41) is 2.54. The van der Waals surface area contributed by atoms with Crippen LogP contribution < -0.4 is 10.2 Å². The Morgan fingerprint density at radius 1 is 1.35 bits per heavy atom. The Labute approximate surface area is 101 Å². The maximum Gasteiger partial charge on any atom is 0.246 e. The summed E-state index contributed by atoms with van der Waals surface area (Å²) < 4.78 is 0. The van der Waals surface area contributed by atoms with Crippen molar-refractivity contribution in [2.75, 3.05) is 18.0 Å². The third-order valence-corrected chi connectivity index (χ3v) is 3.06. The summed E-state index contributed by atoms with van der Waals surface area (Å²) in [4.78, 5) is 24.5. The maximum atomic E-state index is 11.7. The van der Waals surface area contributed by atoms with Crippen molar-refractivity contribution in [1.29, 1.82) is 0 Å². The lowest BCUT2D eigenvalue weighted by molar-refractivity contribution is -0.128. The highest BCUT2D eigenvalue weighted by atomic mass is 16.2. The molecule has 0 atom stereocenters. The van der Waals surface area contributed by atoms with E-state index in [1.165, 1.54) is 10.5 Å². The number of rotatable bonds is 2. The average molecular weight is 232 g/mol. The molecule has 0 bridgehead atoms. The van der Waals surface area contributed by atoms with Gasteiger partial charge in [0.1, 0.15) is 6.54 Å². The number of piperazine rings is 1. The molecular formula is C13H16N2O2. The molecule has 90 valence electrons. The number of nitrogens with zero attached hydrogens (tertiary/aromatic N) is 1. The highest BCUT2D eigenvalue weighted by molar-refractivity contribution is 6.04. The zero-order chi connectivity index (χ0) is 12.4. The van der Waals surface area contributed by atoms with E-state index in [2.05, 4.69) is 12.2 Å². The van der Waals surface area contributed by atoms with Gasteiger partial charge in [0.25, 0.3) is 0 Å². The van der Waals surface area contributed by atoms with Crippen molar-refractivity contribution in [3.63, 3.8) is 0 Å². The molecule has 4 nitrogen and oxygen atoms in total. The Morgan fingerprint density at radius 2 is 2.12 bits per heavy atom. The van der Waals surface area contributed by atoms with Gasteiger partial charge in [-0.3, -0.25) is 9.59 Å². The van der Waals surface area contributed by atoms with Gasteiger partial charge in [0.2, 0.25) is 11.8 Å². The second-order valence-corrected chi connectivity index (χ2v) is 4.22. The molecule has 1 heterocycles. The van der Waals surface area contributed by atoms with Gasteiger partial charge >= 0.3 is 0 Å². The molecule has 1 N–H and O–H groups in total. The molecule has 0 spiro atoms. The van der Waals surface area contributed by atoms with Crippen LogP contribution in [0.2, 0.25) is 0 Å². The van der Waals surface area contributed by atoms with Gasteiger partial charge in [0, 0.05) is 5.69 Å². The first kappa shape index (κ1) is 11.6. The number of hydrogen-bond acceptors (Lipinski definition) is 2. The van der Waals surface area contributed by atoms with Gasteiger partial charge in [-0.25, -0.2) is 0 Å². The molecule has 4 heteroatoms. The molecule has 2 rings (SSSR count). The number of carbonyl (C=O) groups is 2. The fraction of sp³-hybridized carbons (Fsp3) is 0.385. The number of nitrogens with one attached hydrogen (secondary N) is 1. The Bertz CT molecular complexity index is 468. The van der Waals surface area contributed by atoms with Gasteiger partial charge in [-0.1, -0.05) is 13.0 Å². The summed E-state index contributed by atoms with van der Waals surface area (Å²) in [5.41, 5.74) is 3.23. The van der Waals surface area contributed by atoms with Gasteiger partial charge in [0.05, 0.1) is 6.54 Å². The summed E-state index contributed by atoms with van der Waals surface area (Å²) in [6, 6.07) is 5.89. The largest absolute Gasteiger partial charge is 0.345 e. The first-order chi connectivity index (χ1) is 8.11. The van der Waals surface area contributed by atoms with Crippen LogP contribution in [-0.2, 0) is 16.0 Å². The van der Waals surface area contributed by atoms with Crippen LogP contribution in [0.1, 0.15) is 18.1 Å².